The number of urea groups is 1. The Morgan fingerprint density at radius 1 is 1.12 bits per heavy atom. The molecule has 2 N–H and O–H groups in total. The van der Waals surface area contributed by atoms with Gasteiger partial charge in [0.05, 0.1) is 13.2 Å². The quantitative estimate of drug-likeness (QED) is 0.387. The molecule has 0 saturated heterocycles. The van der Waals surface area contributed by atoms with Crippen LogP contribution in [0, 0.1) is 6.92 Å². The van der Waals surface area contributed by atoms with Crippen molar-refractivity contribution >= 4 is 34.2 Å². The molecule has 2 heterocycles. The van der Waals surface area contributed by atoms with Gasteiger partial charge >= 0.3 is 6.03 Å². The Labute approximate surface area is 192 Å². The molecule has 1 aliphatic heterocycles. The minimum Gasteiger partial charge on any atom is -0.497 e. The molecule has 2 amide bonds. The summed E-state index contributed by atoms with van der Waals surface area (Å²) in [6.45, 7) is 2.57. The van der Waals surface area contributed by atoms with E-state index in [-0.39, 0.29) is 12.1 Å². The lowest BCUT2D eigenvalue weighted by Gasteiger charge is -2.36. The number of aromatic amines is 1. The van der Waals surface area contributed by atoms with E-state index in [1.54, 1.807) is 13.2 Å². The molecular weight excluding hydrogens is 422 g/mol. The second kappa shape index (κ2) is 8.24. The summed E-state index contributed by atoms with van der Waals surface area (Å²) in [7, 11) is 1.65. The third-order valence-corrected chi connectivity index (χ3v) is 6.40. The van der Waals surface area contributed by atoms with Gasteiger partial charge in [-0.2, -0.15) is 0 Å². The Kier molecular flexibility index (Phi) is 5.27. The van der Waals surface area contributed by atoms with Crippen LogP contribution in [-0.2, 0) is 6.42 Å². The van der Waals surface area contributed by atoms with Crippen LogP contribution in [0.1, 0.15) is 28.4 Å². The highest BCUT2D eigenvalue weighted by atomic mass is 35.5. The van der Waals surface area contributed by atoms with Gasteiger partial charge in [0, 0.05) is 33.9 Å². The molecule has 6 heteroatoms. The monoisotopic (exact) mass is 445 g/mol. The van der Waals surface area contributed by atoms with Crippen molar-refractivity contribution in [1.82, 2.24) is 9.88 Å². The lowest BCUT2D eigenvalue weighted by atomic mass is 9.92. The van der Waals surface area contributed by atoms with Gasteiger partial charge in [0.1, 0.15) is 5.75 Å². The highest BCUT2D eigenvalue weighted by molar-refractivity contribution is 6.31. The van der Waals surface area contributed by atoms with E-state index in [0.29, 0.717) is 11.6 Å². The zero-order valence-electron chi connectivity index (χ0n) is 18.0. The summed E-state index contributed by atoms with van der Waals surface area (Å²) >= 11 is 6.17. The molecule has 32 heavy (non-hydrogen) atoms. The van der Waals surface area contributed by atoms with E-state index in [1.165, 1.54) is 10.9 Å². The Morgan fingerprint density at radius 2 is 1.91 bits per heavy atom. The van der Waals surface area contributed by atoms with Crippen LogP contribution in [0.2, 0.25) is 5.02 Å². The van der Waals surface area contributed by atoms with Crippen LogP contribution in [0.25, 0.3) is 10.9 Å². The summed E-state index contributed by atoms with van der Waals surface area (Å²) < 4.78 is 5.34. The average Bonchev–Trinajstić information content (AvgIpc) is 3.19. The molecule has 1 aliphatic rings. The first-order valence-corrected chi connectivity index (χ1v) is 11.0. The smallest absolute Gasteiger partial charge is 0.322 e. The standard InChI is InChI=1S/C26H24ClN3O2/c1-16-7-10-18(27)15-23(16)29-26(31)30-14-13-21-20-5-3-4-6-22(20)28-24(21)25(30)17-8-11-19(32-2)12-9-17/h3-12,15,25,28H,13-14H2,1-2H3,(H,29,31)/t25-/m0/s1. The van der Waals surface area contributed by atoms with Gasteiger partial charge in [-0.3, -0.25) is 0 Å². The van der Waals surface area contributed by atoms with Crippen LogP contribution in [0.15, 0.2) is 66.7 Å². The van der Waals surface area contributed by atoms with Crippen molar-refractivity contribution in [3.8, 4) is 5.75 Å². The number of hydrogen-bond donors (Lipinski definition) is 2. The maximum atomic E-state index is 13.5. The zero-order chi connectivity index (χ0) is 22.2. The van der Waals surface area contributed by atoms with Crippen LogP contribution < -0.4 is 10.1 Å². The van der Waals surface area contributed by atoms with Crippen molar-refractivity contribution in [3.05, 3.63) is 94.1 Å². The van der Waals surface area contributed by atoms with E-state index in [9.17, 15) is 4.79 Å². The fraction of sp³-hybridized carbons (Fsp3) is 0.192. The zero-order valence-corrected chi connectivity index (χ0v) is 18.7. The van der Waals surface area contributed by atoms with Gasteiger partial charge in [-0.15, -0.1) is 0 Å². The summed E-state index contributed by atoms with van der Waals surface area (Å²) in [6, 6.07) is 21.3. The van der Waals surface area contributed by atoms with Gasteiger partial charge in [-0.25, -0.2) is 4.79 Å². The highest BCUT2D eigenvalue weighted by Gasteiger charge is 2.34. The number of carbonyl (C=O) groups is 1. The highest BCUT2D eigenvalue weighted by Crippen LogP contribution is 2.39. The fourth-order valence-corrected chi connectivity index (χ4v) is 4.68. The van der Waals surface area contributed by atoms with E-state index in [1.807, 2.05) is 54.3 Å². The molecule has 0 bridgehead atoms. The molecule has 0 fully saturated rings. The van der Waals surface area contributed by atoms with E-state index in [0.717, 1.165) is 40.2 Å². The number of halogens is 1. The number of ether oxygens (including phenoxy) is 1. The van der Waals surface area contributed by atoms with Gasteiger partial charge in [0.15, 0.2) is 0 Å². The van der Waals surface area contributed by atoms with Gasteiger partial charge in [-0.05, 0) is 60.4 Å². The molecule has 162 valence electrons. The number of aryl methyl sites for hydroxylation is 1. The number of hydrogen-bond acceptors (Lipinski definition) is 2. The first-order chi connectivity index (χ1) is 15.5. The molecule has 4 aromatic rings. The number of fused-ring (bicyclic) bond motifs is 3. The van der Waals surface area contributed by atoms with Crippen LogP contribution >= 0.6 is 11.6 Å². The molecule has 0 unspecified atom stereocenters. The lowest BCUT2D eigenvalue weighted by molar-refractivity contribution is 0.193. The normalized spacial score (nSPS) is 15.5. The largest absolute Gasteiger partial charge is 0.497 e. The molecule has 3 aromatic carbocycles. The number of amides is 2. The topological polar surface area (TPSA) is 57.4 Å². The predicted molar refractivity (Wildman–Crippen MR) is 129 cm³/mol. The number of nitrogens with one attached hydrogen (secondary N) is 2. The van der Waals surface area contributed by atoms with E-state index in [2.05, 4.69) is 28.5 Å². The summed E-state index contributed by atoms with van der Waals surface area (Å²) in [6.07, 6.45) is 0.786. The van der Waals surface area contributed by atoms with Crippen molar-refractivity contribution in [2.45, 2.75) is 19.4 Å². The van der Waals surface area contributed by atoms with Crippen LogP contribution in [0.5, 0.6) is 5.75 Å². The molecule has 1 aromatic heterocycles. The summed E-state index contributed by atoms with van der Waals surface area (Å²) in [5.41, 5.74) is 6.12. The lowest BCUT2D eigenvalue weighted by Crippen LogP contribution is -2.43. The van der Waals surface area contributed by atoms with E-state index in [4.69, 9.17) is 16.3 Å². The Bertz CT molecular complexity index is 1300. The third kappa shape index (κ3) is 3.59. The van der Waals surface area contributed by atoms with Crippen molar-refractivity contribution in [2.75, 3.05) is 19.0 Å². The third-order valence-electron chi connectivity index (χ3n) is 6.17. The molecule has 0 spiro atoms. The first kappa shape index (κ1) is 20.5. The minimum atomic E-state index is -0.239. The number of carbonyl (C=O) groups excluding carboxylic acids is 1. The van der Waals surface area contributed by atoms with Crippen molar-refractivity contribution in [1.29, 1.82) is 0 Å². The van der Waals surface area contributed by atoms with Gasteiger partial charge in [-0.1, -0.05) is 48.0 Å². The summed E-state index contributed by atoms with van der Waals surface area (Å²) in [5, 5.41) is 4.88. The van der Waals surface area contributed by atoms with Gasteiger partial charge in [0.25, 0.3) is 0 Å². The van der Waals surface area contributed by atoms with Crippen molar-refractivity contribution < 1.29 is 9.53 Å². The first-order valence-electron chi connectivity index (χ1n) is 10.6. The van der Waals surface area contributed by atoms with Gasteiger partial charge < -0.3 is 19.9 Å². The van der Waals surface area contributed by atoms with Crippen molar-refractivity contribution in [2.24, 2.45) is 0 Å². The predicted octanol–water partition coefficient (Wildman–Crippen LogP) is 6.32. The molecule has 5 rings (SSSR count). The Morgan fingerprint density at radius 3 is 2.69 bits per heavy atom. The van der Waals surface area contributed by atoms with Gasteiger partial charge in [0.2, 0.25) is 0 Å². The molecule has 5 nitrogen and oxygen atoms in total. The number of methoxy groups -OCH3 is 1. The molecule has 1 atom stereocenters. The maximum Gasteiger partial charge on any atom is 0.322 e. The van der Waals surface area contributed by atoms with E-state index < -0.39 is 0 Å². The number of nitrogens with zero attached hydrogens (tertiary/aromatic N) is 1. The summed E-state index contributed by atoms with van der Waals surface area (Å²) in [5.74, 6) is 0.784. The average molecular weight is 446 g/mol. The van der Waals surface area contributed by atoms with Crippen LogP contribution in [-0.4, -0.2) is 29.6 Å². The van der Waals surface area contributed by atoms with Crippen LogP contribution in [0.4, 0.5) is 10.5 Å². The Balaban J connectivity index is 1.57. The van der Waals surface area contributed by atoms with Crippen molar-refractivity contribution in [3.63, 3.8) is 0 Å². The number of H-pyrrole nitrogens is 1. The summed E-state index contributed by atoms with van der Waals surface area (Å²) in [4.78, 5) is 19.0. The number of para-hydroxylation sites is 1. The van der Waals surface area contributed by atoms with E-state index >= 15 is 0 Å². The minimum absolute atomic E-state index is 0.152. The molecule has 0 saturated carbocycles. The molecule has 0 radical (unpaired) electrons. The second-order valence-electron chi connectivity index (χ2n) is 8.07. The van der Waals surface area contributed by atoms with Crippen LogP contribution in [0.3, 0.4) is 0 Å². The number of rotatable bonds is 3. The Hall–Kier alpha value is -3.44. The fourth-order valence-electron chi connectivity index (χ4n) is 4.51. The molecular formula is C26H24ClN3O2. The number of aromatic nitrogens is 1. The second-order valence-corrected chi connectivity index (χ2v) is 8.51. The molecule has 0 aliphatic carbocycles. The maximum absolute atomic E-state index is 13.5. The number of benzene rings is 3. The number of anilines is 1. The SMILES string of the molecule is COc1ccc([C@H]2c3[nH]c4ccccc4c3CCN2C(=O)Nc2cc(Cl)ccc2C)cc1.